The summed E-state index contributed by atoms with van der Waals surface area (Å²) in [7, 11) is 0. The van der Waals surface area contributed by atoms with Crippen LogP contribution < -0.4 is 5.32 Å². The number of nitrogens with one attached hydrogen (secondary N) is 1. The number of rotatable bonds is 5. The van der Waals surface area contributed by atoms with Crippen molar-refractivity contribution in [3.05, 3.63) is 0 Å². The Morgan fingerprint density at radius 1 is 1.47 bits per heavy atom. The van der Waals surface area contributed by atoms with Crippen LogP contribution in [-0.2, 0) is 4.74 Å². The van der Waals surface area contributed by atoms with Gasteiger partial charge in [-0.05, 0) is 25.8 Å². The summed E-state index contributed by atoms with van der Waals surface area (Å²) in [6.45, 7) is 3.07. The van der Waals surface area contributed by atoms with Crippen LogP contribution in [0.3, 0.4) is 0 Å². The second-order valence-corrected chi connectivity index (χ2v) is 3.94. The summed E-state index contributed by atoms with van der Waals surface area (Å²) in [5.41, 5.74) is 0. The van der Waals surface area contributed by atoms with E-state index in [2.05, 4.69) is 5.32 Å². The van der Waals surface area contributed by atoms with Gasteiger partial charge in [0.15, 0.2) is 0 Å². The molecule has 0 aromatic carbocycles. The van der Waals surface area contributed by atoms with Crippen LogP contribution in [0.4, 0.5) is 13.2 Å². The van der Waals surface area contributed by atoms with Crippen molar-refractivity contribution in [2.45, 2.75) is 50.9 Å². The lowest BCUT2D eigenvalue weighted by atomic mass is 10.0. The van der Waals surface area contributed by atoms with Gasteiger partial charge in [0.2, 0.25) is 0 Å². The van der Waals surface area contributed by atoms with Gasteiger partial charge in [0.05, 0.1) is 12.5 Å². The van der Waals surface area contributed by atoms with Gasteiger partial charge in [-0.2, -0.15) is 13.2 Å². The summed E-state index contributed by atoms with van der Waals surface area (Å²) in [6.07, 6.45) is -2.52. The van der Waals surface area contributed by atoms with Gasteiger partial charge in [0, 0.05) is 12.6 Å². The lowest BCUT2D eigenvalue weighted by molar-refractivity contribution is -0.141. The van der Waals surface area contributed by atoms with Crippen LogP contribution in [0, 0.1) is 0 Å². The third kappa shape index (κ3) is 5.37. The van der Waals surface area contributed by atoms with Crippen molar-refractivity contribution in [3.63, 3.8) is 0 Å². The molecular formula is C10H18F3NO. The standard InChI is InChI=1S/C10H18F3NO/c1-2-14-8(7-10(11,12)13)6-9-4-3-5-15-9/h8-9,14H,2-7H2,1H3. The van der Waals surface area contributed by atoms with Gasteiger partial charge >= 0.3 is 6.18 Å². The Hall–Kier alpha value is -0.290. The molecule has 2 unspecified atom stereocenters. The first kappa shape index (κ1) is 12.8. The molecule has 1 fully saturated rings. The van der Waals surface area contributed by atoms with Gasteiger partial charge in [-0.1, -0.05) is 6.92 Å². The predicted molar refractivity (Wildman–Crippen MR) is 51.7 cm³/mol. The lowest BCUT2D eigenvalue weighted by Gasteiger charge is -2.22. The van der Waals surface area contributed by atoms with Crippen LogP contribution in [0.2, 0.25) is 0 Å². The van der Waals surface area contributed by atoms with Gasteiger partial charge in [0.1, 0.15) is 0 Å². The van der Waals surface area contributed by atoms with E-state index < -0.39 is 18.6 Å². The number of halogens is 3. The van der Waals surface area contributed by atoms with E-state index in [0.29, 0.717) is 19.6 Å². The zero-order valence-electron chi connectivity index (χ0n) is 8.94. The molecule has 0 spiro atoms. The van der Waals surface area contributed by atoms with E-state index in [9.17, 15) is 13.2 Å². The first-order valence-electron chi connectivity index (χ1n) is 5.43. The highest BCUT2D eigenvalue weighted by atomic mass is 19.4. The minimum Gasteiger partial charge on any atom is -0.378 e. The molecule has 1 saturated heterocycles. The summed E-state index contributed by atoms with van der Waals surface area (Å²) in [4.78, 5) is 0. The molecular weight excluding hydrogens is 207 g/mol. The fraction of sp³-hybridized carbons (Fsp3) is 1.00. The molecule has 90 valence electrons. The van der Waals surface area contributed by atoms with Crippen molar-refractivity contribution in [3.8, 4) is 0 Å². The molecule has 0 bridgehead atoms. The largest absolute Gasteiger partial charge is 0.390 e. The highest BCUT2D eigenvalue weighted by molar-refractivity contribution is 4.77. The molecule has 0 amide bonds. The summed E-state index contributed by atoms with van der Waals surface area (Å²) in [5, 5.41) is 2.87. The van der Waals surface area contributed by atoms with Crippen LogP contribution in [0.25, 0.3) is 0 Å². The maximum atomic E-state index is 12.2. The SMILES string of the molecule is CCNC(CC1CCCO1)CC(F)(F)F. The lowest BCUT2D eigenvalue weighted by Crippen LogP contribution is -2.36. The Morgan fingerprint density at radius 2 is 2.20 bits per heavy atom. The van der Waals surface area contributed by atoms with Crippen molar-refractivity contribution in [1.29, 1.82) is 0 Å². The molecule has 0 saturated carbocycles. The van der Waals surface area contributed by atoms with Crippen LogP contribution >= 0.6 is 0 Å². The van der Waals surface area contributed by atoms with E-state index in [0.717, 1.165) is 12.8 Å². The summed E-state index contributed by atoms with van der Waals surface area (Å²) < 4.78 is 42.0. The van der Waals surface area contributed by atoms with Crippen LogP contribution in [-0.4, -0.2) is 31.5 Å². The zero-order valence-corrected chi connectivity index (χ0v) is 8.94. The minimum absolute atomic E-state index is 0.0106. The van der Waals surface area contributed by atoms with Gasteiger partial charge in [-0.15, -0.1) is 0 Å². The van der Waals surface area contributed by atoms with Gasteiger partial charge < -0.3 is 10.1 Å². The molecule has 1 heterocycles. The Labute approximate surface area is 88.2 Å². The van der Waals surface area contributed by atoms with Crippen molar-refractivity contribution in [1.82, 2.24) is 5.32 Å². The molecule has 1 N–H and O–H groups in total. The van der Waals surface area contributed by atoms with E-state index in [4.69, 9.17) is 4.74 Å². The third-order valence-corrected chi connectivity index (χ3v) is 2.54. The smallest absolute Gasteiger partial charge is 0.378 e. The molecule has 2 atom stereocenters. The second kappa shape index (κ2) is 5.70. The average Bonchev–Trinajstić information content (AvgIpc) is 2.54. The quantitative estimate of drug-likeness (QED) is 0.776. The molecule has 1 aliphatic heterocycles. The van der Waals surface area contributed by atoms with Crippen LogP contribution in [0.1, 0.15) is 32.6 Å². The van der Waals surface area contributed by atoms with Gasteiger partial charge in [-0.25, -0.2) is 0 Å². The Balaban J connectivity index is 2.35. The first-order valence-corrected chi connectivity index (χ1v) is 5.43. The second-order valence-electron chi connectivity index (χ2n) is 3.94. The molecule has 1 aliphatic rings. The van der Waals surface area contributed by atoms with E-state index in [1.54, 1.807) is 0 Å². The van der Waals surface area contributed by atoms with Crippen molar-refractivity contribution in [2.75, 3.05) is 13.2 Å². The topological polar surface area (TPSA) is 21.3 Å². The van der Waals surface area contributed by atoms with Crippen molar-refractivity contribution < 1.29 is 17.9 Å². The maximum absolute atomic E-state index is 12.2. The minimum atomic E-state index is -4.09. The van der Waals surface area contributed by atoms with E-state index in [-0.39, 0.29) is 6.10 Å². The molecule has 1 rings (SSSR count). The van der Waals surface area contributed by atoms with Gasteiger partial charge in [-0.3, -0.25) is 0 Å². The number of hydrogen-bond donors (Lipinski definition) is 1. The molecule has 0 aliphatic carbocycles. The molecule has 0 aromatic heterocycles. The number of hydrogen-bond acceptors (Lipinski definition) is 2. The Kier molecular flexibility index (Phi) is 4.86. The Bertz CT molecular complexity index is 178. The molecule has 0 radical (unpaired) electrons. The van der Waals surface area contributed by atoms with E-state index in [1.165, 1.54) is 0 Å². The summed E-state index contributed by atoms with van der Waals surface area (Å²) >= 11 is 0. The van der Waals surface area contributed by atoms with Crippen LogP contribution in [0.15, 0.2) is 0 Å². The van der Waals surface area contributed by atoms with Gasteiger partial charge in [0.25, 0.3) is 0 Å². The van der Waals surface area contributed by atoms with Crippen molar-refractivity contribution >= 4 is 0 Å². The highest BCUT2D eigenvalue weighted by Gasteiger charge is 2.33. The molecule has 5 heteroatoms. The third-order valence-electron chi connectivity index (χ3n) is 2.54. The Morgan fingerprint density at radius 3 is 2.67 bits per heavy atom. The van der Waals surface area contributed by atoms with Crippen molar-refractivity contribution in [2.24, 2.45) is 0 Å². The zero-order chi connectivity index (χ0) is 11.3. The fourth-order valence-electron chi connectivity index (χ4n) is 1.95. The molecule has 2 nitrogen and oxygen atoms in total. The average molecular weight is 225 g/mol. The number of alkyl halides is 3. The van der Waals surface area contributed by atoms with Crippen LogP contribution in [0.5, 0.6) is 0 Å². The molecule has 0 aromatic rings. The predicted octanol–water partition coefficient (Wildman–Crippen LogP) is 2.49. The monoisotopic (exact) mass is 225 g/mol. The van der Waals surface area contributed by atoms with E-state index >= 15 is 0 Å². The molecule has 15 heavy (non-hydrogen) atoms. The van der Waals surface area contributed by atoms with E-state index in [1.807, 2.05) is 6.92 Å². The first-order chi connectivity index (χ1) is 7.01. The highest BCUT2D eigenvalue weighted by Crippen LogP contribution is 2.25. The fourth-order valence-corrected chi connectivity index (χ4v) is 1.95. The summed E-state index contributed by atoms with van der Waals surface area (Å²) in [5.74, 6) is 0. The summed E-state index contributed by atoms with van der Waals surface area (Å²) in [6, 6.07) is -0.502. The normalized spacial score (nSPS) is 24.4. The number of ether oxygens (including phenoxy) is 1. The maximum Gasteiger partial charge on any atom is 0.390 e.